The van der Waals surface area contributed by atoms with Gasteiger partial charge in [-0.05, 0) is 50.2 Å². The maximum absolute atomic E-state index is 13.0. The van der Waals surface area contributed by atoms with Gasteiger partial charge in [-0.25, -0.2) is 14.4 Å². The van der Waals surface area contributed by atoms with Crippen molar-refractivity contribution < 1.29 is 13.6 Å². The Hall–Kier alpha value is -2.58. The lowest BCUT2D eigenvalue weighted by atomic mass is 10.1. The predicted molar refractivity (Wildman–Crippen MR) is 110 cm³/mol. The fourth-order valence-electron chi connectivity index (χ4n) is 3.36. The summed E-state index contributed by atoms with van der Waals surface area (Å²) in [6.07, 6.45) is 6.04. The van der Waals surface area contributed by atoms with Crippen molar-refractivity contribution in [3.63, 3.8) is 0 Å². The predicted octanol–water partition coefficient (Wildman–Crippen LogP) is 4.49. The van der Waals surface area contributed by atoms with Crippen LogP contribution in [0, 0.1) is 5.82 Å². The summed E-state index contributed by atoms with van der Waals surface area (Å²) < 4.78 is 18.7. The minimum atomic E-state index is -0.300. The lowest BCUT2D eigenvalue weighted by molar-refractivity contribution is -0.116. The maximum atomic E-state index is 13.0. The van der Waals surface area contributed by atoms with Crippen molar-refractivity contribution in [1.82, 2.24) is 14.9 Å². The van der Waals surface area contributed by atoms with Crippen molar-refractivity contribution in [2.75, 3.05) is 18.4 Å². The van der Waals surface area contributed by atoms with Crippen LogP contribution in [0.25, 0.3) is 11.3 Å². The maximum Gasteiger partial charge on any atom is 0.226 e. The Labute approximate surface area is 172 Å². The van der Waals surface area contributed by atoms with Crippen LogP contribution < -0.4 is 5.32 Å². The highest BCUT2D eigenvalue weighted by Gasteiger charge is 2.14. The van der Waals surface area contributed by atoms with E-state index in [4.69, 9.17) is 4.42 Å². The van der Waals surface area contributed by atoms with Crippen molar-refractivity contribution in [2.24, 2.45) is 0 Å². The van der Waals surface area contributed by atoms with Crippen molar-refractivity contribution >= 4 is 22.4 Å². The standard InChI is InChI=1S/C21H23FN4O2S/c22-16-6-4-15(5-7-16)18-12-23-20(28-18)9-8-19(27)25-21-24-17(14-29-21)13-26-10-2-1-3-11-26/h4-7,12,14H,1-3,8-11,13H2,(H,24,25,27). The summed E-state index contributed by atoms with van der Waals surface area (Å²) in [5.74, 6) is 0.615. The molecule has 152 valence electrons. The first-order chi connectivity index (χ1) is 14.2. The number of anilines is 1. The molecule has 0 atom stereocenters. The van der Waals surface area contributed by atoms with E-state index in [1.165, 1.54) is 42.7 Å². The molecule has 1 amide bonds. The van der Waals surface area contributed by atoms with E-state index < -0.39 is 0 Å². The second-order valence-electron chi connectivity index (χ2n) is 7.15. The number of piperidine rings is 1. The fourth-order valence-corrected chi connectivity index (χ4v) is 4.08. The lowest BCUT2D eigenvalue weighted by Gasteiger charge is -2.25. The van der Waals surface area contributed by atoms with Crippen LogP contribution in [0.5, 0.6) is 0 Å². The molecule has 8 heteroatoms. The molecule has 29 heavy (non-hydrogen) atoms. The second-order valence-corrected chi connectivity index (χ2v) is 8.01. The normalized spacial score (nSPS) is 14.8. The van der Waals surface area contributed by atoms with E-state index in [0.717, 1.165) is 30.9 Å². The number of aryl methyl sites for hydroxylation is 1. The third kappa shape index (κ3) is 5.48. The van der Waals surface area contributed by atoms with Gasteiger partial charge in [0.15, 0.2) is 16.8 Å². The van der Waals surface area contributed by atoms with E-state index >= 15 is 0 Å². The van der Waals surface area contributed by atoms with Crippen molar-refractivity contribution in [3.8, 4) is 11.3 Å². The summed E-state index contributed by atoms with van der Waals surface area (Å²) in [6.45, 7) is 3.08. The van der Waals surface area contributed by atoms with Crippen LogP contribution in [0.15, 0.2) is 40.3 Å². The summed E-state index contributed by atoms with van der Waals surface area (Å²) in [5.41, 5.74) is 1.75. The van der Waals surface area contributed by atoms with E-state index in [1.807, 2.05) is 5.38 Å². The molecular weight excluding hydrogens is 391 g/mol. The number of carbonyl (C=O) groups excluding carboxylic acids is 1. The highest BCUT2D eigenvalue weighted by molar-refractivity contribution is 7.13. The van der Waals surface area contributed by atoms with Gasteiger partial charge in [-0.15, -0.1) is 11.3 Å². The Bertz CT molecular complexity index is 948. The number of amides is 1. The van der Waals surface area contributed by atoms with Crippen LogP contribution >= 0.6 is 11.3 Å². The van der Waals surface area contributed by atoms with Gasteiger partial charge in [0.25, 0.3) is 0 Å². The smallest absolute Gasteiger partial charge is 0.226 e. The van der Waals surface area contributed by atoms with Crippen LogP contribution in [0.1, 0.15) is 37.3 Å². The number of likely N-dealkylation sites (tertiary alicyclic amines) is 1. The zero-order valence-electron chi connectivity index (χ0n) is 16.1. The Morgan fingerprint density at radius 3 is 2.79 bits per heavy atom. The lowest BCUT2D eigenvalue weighted by Crippen LogP contribution is -2.29. The number of nitrogens with zero attached hydrogens (tertiary/aromatic N) is 3. The number of benzene rings is 1. The molecule has 3 heterocycles. The van der Waals surface area contributed by atoms with E-state index in [9.17, 15) is 9.18 Å². The Morgan fingerprint density at radius 1 is 1.21 bits per heavy atom. The van der Waals surface area contributed by atoms with Crippen LogP contribution in [0.2, 0.25) is 0 Å². The number of carbonyl (C=O) groups is 1. The molecule has 0 spiro atoms. The molecule has 1 aliphatic heterocycles. The summed E-state index contributed by atoms with van der Waals surface area (Å²) in [7, 11) is 0. The van der Waals surface area contributed by atoms with Crippen molar-refractivity contribution in [1.29, 1.82) is 0 Å². The first kappa shape index (κ1) is 19.7. The molecule has 0 aliphatic carbocycles. The molecule has 0 radical (unpaired) electrons. The molecule has 0 saturated carbocycles. The molecule has 1 aromatic carbocycles. The highest BCUT2D eigenvalue weighted by atomic mass is 32.1. The van der Waals surface area contributed by atoms with Gasteiger partial charge in [0.2, 0.25) is 5.91 Å². The molecule has 0 unspecified atom stereocenters. The van der Waals surface area contributed by atoms with Gasteiger partial charge in [0.1, 0.15) is 5.82 Å². The van der Waals surface area contributed by atoms with E-state index in [2.05, 4.69) is 20.2 Å². The molecule has 4 rings (SSSR count). The molecule has 2 aromatic heterocycles. The molecule has 3 aromatic rings. The van der Waals surface area contributed by atoms with E-state index in [-0.39, 0.29) is 18.1 Å². The monoisotopic (exact) mass is 414 g/mol. The SMILES string of the molecule is O=C(CCc1ncc(-c2ccc(F)cc2)o1)Nc1nc(CN2CCCCC2)cs1. The number of hydrogen-bond acceptors (Lipinski definition) is 6. The zero-order valence-corrected chi connectivity index (χ0v) is 16.9. The fraction of sp³-hybridized carbons (Fsp3) is 0.381. The average Bonchev–Trinajstić information content (AvgIpc) is 3.37. The van der Waals surface area contributed by atoms with E-state index in [1.54, 1.807) is 18.3 Å². The van der Waals surface area contributed by atoms with Gasteiger partial charge in [-0.3, -0.25) is 9.69 Å². The average molecular weight is 415 g/mol. The summed E-state index contributed by atoms with van der Waals surface area (Å²) in [6, 6.07) is 6.02. The number of rotatable bonds is 7. The minimum Gasteiger partial charge on any atom is -0.441 e. The van der Waals surface area contributed by atoms with Crippen LogP contribution in [0.3, 0.4) is 0 Å². The first-order valence-electron chi connectivity index (χ1n) is 9.83. The number of aromatic nitrogens is 2. The Morgan fingerprint density at radius 2 is 2.00 bits per heavy atom. The first-order valence-corrected chi connectivity index (χ1v) is 10.7. The van der Waals surface area contributed by atoms with Gasteiger partial charge in [-0.1, -0.05) is 6.42 Å². The third-order valence-corrected chi connectivity index (χ3v) is 5.69. The van der Waals surface area contributed by atoms with Crippen LogP contribution in [-0.2, 0) is 17.8 Å². The summed E-state index contributed by atoms with van der Waals surface area (Å²) in [5, 5.41) is 5.49. The quantitative estimate of drug-likeness (QED) is 0.617. The Kier molecular flexibility index (Phi) is 6.31. The largest absolute Gasteiger partial charge is 0.441 e. The van der Waals surface area contributed by atoms with Gasteiger partial charge in [0.05, 0.1) is 11.9 Å². The zero-order chi connectivity index (χ0) is 20.1. The van der Waals surface area contributed by atoms with Crippen molar-refractivity contribution in [3.05, 3.63) is 53.2 Å². The highest BCUT2D eigenvalue weighted by Crippen LogP contribution is 2.22. The van der Waals surface area contributed by atoms with Gasteiger partial charge in [-0.2, -0.15) is 0 Å². The van der Waals surface area contributed by atoms with Gasteiger partial charge < -0.3 is 9.73 Å². The number of hydrogen-bond donors (Lipinski definition) is 1. The number of nitrogens with one attached hydrogen (secondary N) is 1. The second kappa shape index (κ2) is 9.28. The molecule has 1 saturated heterocycles. The molecule has 1 fully saturated rings. The molecule has 1 N–H and O–H groups in total. The van der Waals surface area contributed by atoms with Gasteiger partial charge >= 0.3 is 0 Å². The summed E-state index contributed by atoms with van der Waals surface area (Å²) >= 11 is 1.45. The molecular formula is C21H23FN4O2S. The summed E-state index contributed by atoms with van der Waals surface area (Å²) in [4.78, 5) is 23.4. The van der Waals surface area contributed by atoms with Crippen LogP contribution in [-0.4, -0.2) is 33.9 Å². The van der Waals surface area contributed by atoms with Crippen LogP contribution in [0.4, 0.5) is 9.52 Å². The van der Waals surface area contributed by atoms with E-state index in [0.29, 0.717) is 23.2 Å². The molecule has 0 bridgehead atoms. The number of halogens is 1. The van der Waals surface area contributed by atoms with Crippen molar-refractivity contribution in [2.45, 2.75) is 38.6 Å². The van der Waals surface area contributed by atoms with Gasteiger partial charge in [0, 0.05) is 30.3 Å². The number of thiazole rings is 1. The molecule has 1 aliphatic rings. The third-order valence-electron chi connectivity index (χ3n) is 4.88. The minimum absolute atomic E-state index is 0.120. The Balaban J connectivity index is 1.25. The molecule has 6 nitrogen and oxygen atoms in total. The topological polar surface area (TPSA) is 71.3 Å². The number of oxazole rings is 1.